The Bertz CT molecular complexity index is 458. The molecule has 1 amide bonds. The third kappa shape index (κ3) is 7.34. The zero-order chi connectivity index (χ0) is 15.9. The van der Waals surface area contributed by atoms with Gasteiger partial charge in [-0.25, -0.2) is 4.79 Å². The van der Waals surface area contributed by atoms with Crippen molar-refractivity contribution in [3.63, 3.8) is 0 Å². The largest absolute Gasteiger partial charge is 0.444 e. The van der Waals surface area contributed by atoms with Gasteiger partial charge in [-0.2, -0.15) is 0 Å². The molecule has 0 aromatic heterocycles. The number of hydrogen-bond acceptors (Lipinski definition) is 3. The Morgan fingerprint density at radius 2 is 2.00 bits per heavy atom. The molecule has 0 heterocycles. The van der Waals surface area contributed by atoms with E-state index in [0.29, 0.717) is 13.1 Å². The van der Waals surface area contributed by atoms with Crippen molar-refractivity contribution >= 4 is 17.7 Å². The zero-order valence-corrected chi connectivity index (χ0v) is 14.0. The van der Waals surface area contributed by atoms with Crippen LogP contribution >= 0.6 is 11.6 Å². The van der Waals surface area contributed by atoms with Gasteiger partial charge in [-0.15, -0.1) is 0 Å². The molecule has 5 heteroatoms. The number of nitrogens with one attached hydrogen (secondary N) is 2. The Labute approximate surface area is 132 Å². The van der Waals surface area contributed by atoms with E-state index >= 15 is 0 Å². The molecule has 2 N–H and O–H groups in total. The summed E-state index contributed by atoms with van der Waals surface area (Å²) in [4.78, 5) is 11.7. The van der Waals surface area contributed by atoms with Gasteiger partial charge in [-0.1, -0.05) is 36.7 Å². The van der Waals surface area contributed by atoms with E-state index in [2.05, 4.69) is 10.6 Å². The van der Waals surface area contributed by atoms with Gasteiger partial charge in [-0.05, 0) is 38.8 Å². The first-order valence-electron chi connectivity index (χ1n) is 7.25. The average molecular weight is 313 g/mol. The van der Waals surface area contributed by atoms with Crippen molar-refractivity contribution in [1.82, 2.24) is 10.6 Å². The quantitative estimate of drug-likeness (QED) is 0.841. The number of carbonyl (C=O) groups excluding carboxylic acids is 1. The Morgan fingerprint density at radius 1 is 1.33 bits per heavy atom. The molecule has 0 aliphatic carbocycles. The van der Waals surface area contributed by atoms with Crippen LogP contribution in [0.4, 0.5) is 4.79 Å². The second kappa shape index (κ2) is 8.25. The SMILES string of the molecule is CCC(CNCc1ccccc1Cl)NC(=O)OC(C)(C)C. The lowest BCUT2D eigenvalue weighted by Gasteiger charge is -2.23. The van der Waals surface area contributed by atoms with E-state index in [1.54, 1.807) is 0 Å². The molecule has 1 unspecified atom stereocenters. The number of carbonyl (C=O) groups is 1. The zero-order valence-electron chi connectivity index (χ0n) is 13.2. The first kappa shape index (κ1) is 17.8. The lowest BCUT2D eigenvalue weighted by atomic mass is 10.2. The van der Waals surface area contributed by atoms with Gasteiger partial charge in [0.25, 0.3) is 0 Å². The number of hydrogen-bond donors (Lipinski definition) is 2. The van der Waals surface area contributed by atoms with Gasteiger partial charge in [0.1, 0.15) is 5.60 Å². The molecule has 1 aromatic carbocycles. The molecule has 1 rings (SSSR count). The Hall–Kier alpha value is -1.26. The molecule has 1 aromatic rings. The summed E-state index contributed by atoms with van der Waals surface area (Å²) in [6.45, 7) is 8.92. The Kier molecular flexibility index (Phi) is 6.99. The van der Waals surface area contributed by atoms with Gasteiger partial charge < -0.3 is 15.4 Å². The van der Waals surface area contributed by atoms with E-state index in [9.17, 15) is 4.79 Å². The van der Waals surface area contributed by atoms with Crippen LogP contribution in [-0.2, 0) is 11.3 Å². The second-order valence-corrected chi connectivity index (χ2v) is 6.38. The number of amides is 1. The van der Waals surface area contributed by atoms with Crippen LogP contribution in [0.1, 0.15) is 39.7 Å². The number of rotatable bonds is 6. The fourth-order valence-electron chi connectivity index (χ4n) is 1.79. The molecule has 0 bridgehead atoms. The molecule has 0 saturated heterocycles. The van der Waals surface area contributed by atoms with E-state index in [1.165, 1.54) is 0 Å². The van der Waals surface area contributed by atoms with Crippen LogP contribution in [0, 0.1) is 0 Å². The maximum Gasteiger partial charge on any atom is 0.407 e. The van der Waals surface area contributed by atoms with Gasteiger partial charge >= 0.3 is 6.09 Å². The summed E-state index contributed by atoms with van der Waals surface area (Å²) in [5.41, 5.74) is 0.569. The minimum atomic E-state index is -0.479. The van der Waals surface area contributed by atoms with E-state index < -0.39 is 5.60 Å². The first-order valence-corrected chi connectivity index (χ1v) is 7.63. The summed E-state index contributed by atoms with van der Waals surface area (Å²) in [5, 5.41) is 6.92. The van der Waals surface area contributed by atoms with Gasteiger partial charge in [0.15, 0.2) is 0 Å². The smallest absolute Gasteiger partial charge is 0.407 e. The average Bonchev–Trinajstić information content (AvgIpc) is 2.37. The van der Waals surface area contributed by atoms with Crippen LogP contribution in [0.2, 0.25) is 5.02 Å². The monoisotopic (exact) mass is 312 g/mol. The number of alkyl carbamates (subject to hydrolysis) is 1. The lowest BCUT2D eigenvalue weighted by molar-refractivity contribution is 0.0502. The second-order valence-electron chi connectivity index (χ2n) is 5.97. The Morgan fingerprint density at radius 3 is 2.57 bits per heavy atom. The van der Waals surface area contributed by atoms with Crippen molar-refractivity contribution < 1.29 is 9.53 Å². The van der Waals surface area contributed by atoms with Crippen molar-refractivity contribution in [3.05, 3.63) is 34.9 Å². The summed E-state index contributed by atoms with van der Waals surface area (Å²) in [6, 6.07) is 7.75. The third-order valence-corrected chi connectivity index (χ3v) is 3.25. The molecule has 1 atom stereocenters. The normalized spacial score (nSPS) is 12.8. The van der Waals surface area contributed by atoms with Crippen LogP contribution in [0.15, 0.2) is 24.3 Å². The fraction of sp³-hybridized carbons (Fsp3) is 0.562. The molecule has 4 nitrogen and oxygen atoms in total. The molecule has 0 fully saturated rings. The van der Waals surface area contributed by atoms with E-state index in [4.69, 9.17) is 16.3 Å². The number of halogens is 1. The third-order valence-electron chi connectivity index (χ3n) is 2.88. The van der Waals surface area contributed by atoms with Crippen molar-refractivity contribution in [2.45, 2.75) is 52.3 Å². The lowest BCUT2D eigenvalue weighted by Crippen LogP contribution is -2.43. The number of ether oxygens (including phenoxy) is 1. The predicted molar refractivity (Wildman–Crippen MR) is 86.6 cm³/mol. The number of benzene rings is 1. The summed E-state index contributed by atoms with van der Waals surface area (Å²) in [5.74, 6) is 0. The van der Waals surface area contributed by atoms with Gasteiger partial charge in [0, 0.05) is 24.2 Å². The minimum Gasteiger partial charge on any atom is -0.444 e. The topological polar surface area (TPSA) is 50.4 Å². The van der Waals surface area contributed by atoms with Crippen LogP contribution in [0.3, 0.4) is 0 Å². The van der Waals surface area contributed by atoms with E-state index in [0.717, 1.165) is 17.0 Å². The molecule has 0 spiro atoms. The molecule has 0 aliphatic heterocycles. The summed E-state index contributed by atoms with van der Waals surface area (Å²) in [7, 11) is 0. The predicted octanol–water partition coefficient (Wildman–Crippen LogP) is 3.73. The van der Waals surface area contributed by atoms with Crippen molar-refractivity contribution in [2.24, 2.45) is 0 Å². The van der Waals surface area contributed by atoms with Crippen LogP contribution in [0.25, 0.3) is 0 Å². The first-order chi connectivity index (χ1) is 9.81. The molecule has 0 aliphatic rings. The van der Waals surface area contributed by atoms with Crippen LogP contribution in [-0.4, -0.2) is 24.3 Å². The van der Waals surface area contributed by atoms with Gasteiger partial charge in [0.05, 0.1) is 0 Å². The molecule has 0 saturated carbocycles. The fourth-order valence-corrected chi connectivity index (χ4v) is 2.00. The summed E-state index contributed by atoms with van der Waals surface area (Å²) >= 11 is 6.10. The molecule has 21 heavy (non-hydrogen) atoms. The molecular formula is C16H25ClN2O2. The highest BCUT2D eigenvalue weighted by molar-refractivity contribution is 6.31. The van der Waals surface area contributed by atoms with Crippen molar-refractivity contribution in [3.8, 4) is 0 Å². The summed E-state index contributed by atoms with van der Waals surface area (Å²) in [6.07, 6.45) is 0.447. The van der Waals surface area contributed by atoms with E-state index in [-0.39, 0.29) is 12.1 Å². The van der Waals surface area contributed by atoms with Gasteiger partial charge in [-0.3, -0.25) is 0 Å². The molecular weight excluding hydrogens is 288 g/mol. The molecule has 118 valence electrons. The van der Waals surface area contributed by atoms with Crippen LogP contribution in [0.5, 0.6) is 0 Å². The van der Waals surface area contributed by atoms with Crippen molar-refractivity contribution in [1.29, 1.82) is 0 Å². The maximum atomic E-state index is 11.7. The Balaban J connectivity index is 2.38. The van der Waals surface area contributed by atoms with Crippen molar-refractivity contribution in [2.75, 3.05) is 6.54 Å². The summed E-state index contributed by atoms with van der Waals surface area (Å²) < 4.78 is 5.25. The van der Waals surface area contributed by atoms with Crippen LogP contribution < -0.4 is 10.6 Å². The highest BCUT2D eigenvalue weighted by atomic mass is 35.5. The van der Waals surface area contributed by atoms with Gasteiger partial charge in [0.2, 0.25) is 0 Å². The standard InChI is InChI=1S/C16H25ClN2O2/c1-5-13(19-15(20)21-16(2,3)4)11-18-10-12-8-6-7-9-14(12)17/h6-9,13,18H,5,10-11H2,1-4H3,(H,19,20). The molecule has 0 radical (unpaired) electrons. The maximum absolute atomic E-state index is 11.7. The minimum absolute atomic E-state index is 0.0299. The van der Waals surface area contributed by atoms with E-state index in [1.807, 2.05) is 52.0 Å². The highest BCUT2D eigenvalue weighted by Gasteiger charge is 2.18. The highest BCUT2D eigenvalue weighted by Crippen LogP contribution is 2.14.